The molecular weight excluding hydrogens is 285 g/mol. The molecule has 116 valence electrons. The summed E-state index contributed by atoms with van der Waals surface area (Å²) in [6, 6.07) is 0. The lowest BCUT2D eigenvalue weighted by molar-refractivity contribution is -0.235. The molecule has 0 bridgehead atoms. The number of carbonyl (C=O) groups is 1. The number of aryl methyl sites for hydroxylation is 1. The molecule has 0 N–H and O–H groups in total. The molecule has 1 aromatic heterocycles. The summed E-state index contributed by atoms with van der Waals surface area (Å²) in [5.74, 6) is -1.57. The fourth-order valence-corrected chi connectivity index (χ4v) is 3.63. The molecule has 21 heavy (non-hydrogen) atoms. The first-order valence-electron chi connectivity index (χ1n) is 7.04. The number of likely N-dealkylation sites (tertiary alicyclic amines) is 1. The monoisotopic (exact) mass is 302 g/mol. The van der Waals surface area contributed by atoms with E-state index in [4.69, 9.17) is 0 Å². The Morgan fingerprint density at radius 3 is 2.62 bits per heavy atom. The molecule has 2 fully saturated rings. The Morgan fingerprint density at radius 1 is 1.43 bits per heavy atom. The van der Waals surface area contributed by atoms with Crippen LogP contribution in [0.3, 0.4) is 0 Å². The van der Waals surface area contributed by atoms with Gasteiger partial charge in [0.2, 0.25) is 0 Å². The highest BCUT2D eigenvalue weighted by Gasteiger charge is 2.58. The first-order chi connectivity index (χ1) is 9.83. The molecule has 1 spiro atoms. The first-order valence-corrected chi connectivity index (χ1v) is 7.04. The fraction of sp³-hybridized carbons (Fsp3) is 0.769. The van der Waals surface area contributed by atoms with Gasteiger partial charge in [0.1, 0.15) is 5.69 Å². The summed E-state index contributed by atoms with van der Waals surface area (Å²) in [5, 5.41) is 7.34. The molecule has 2 aliphatic rings. The molecule has 1 saturated carbocycles. The highest BCUT2D eigenvalue weighted by Crippen LogP contribution is 2.56. The number of halogens is 3. The summed E-state index contributed by atoms with van der Waals surface area (Å²) in [6.45, 7) is 0.317. The minimum absolute atomic E-state index is 0.0134. The standard InChI is InChI=1S/C13H17F3N4O/c1-19-9(7-17-18-19)11(21)20-6-3-10(13(14,15)16)12(8-20)4-2-5-12/h7,10H,2-6,8H2,1H3. The molecule has 1 aromatic rings. The summed E-state index contributed by atoms with van der Waals surface area (Å²) < 4.78 is 40.9. The maximum absolute atomic E-state index is 13.2. The summed E-state index contributed by atoms with van der Waals surface area (Å²) in [6.07, 6.45) is -0.938. The van der Waals surface area contributed by atoms with E-state index < -0.39 is 17.5 Å². The molecule has 0 aromatic carbocycles. The van der Waals surface area contributed by atoms with Crippen molar-refractivity contribution in [3.8, 4) is 0 Å². The fourth-order valence-electron chi connectivity index (χ4n) is 3.63. The predicted molar refractivity (Wildman–Crippen MR) is 67.4 cm³/mol. The Labute approximate surface area is 120 Å². The van der Waals surface area contributed by atoms with Crippen LogP contribution in [0.5, 0.6) is 0 Å². The lowest BCUT2D eigenvalue weighted by atomic mass is 9.58. The number of aromatic nitrogens is 3. The summed E-state index contributed by atoms with van der Waals surface area (Å²) in [4.78, 5) is 13.9. The van der Waals surface area contributed by atoms with Crippen LogP contribution in [0.2, 0.25) is 0 Å². The van der Waals surface area contributed by atoms with Crippen LogP contribution in [0.15, 0.2) is 6.20 Å². The van der Waals surface area contributed by atoms with E-state index in [0.717, 1.165) is 6.42 Å². The van der Waals surface area contributed by atoms with Crippen molar-refractivity contribution in [1.82, 2.24) is 19.9 Å². The lowest BCUT2D eigenvalue weighted by Gasteiger charge is -2.54. The van der Waals surface area contributed by atoms with Gasteiger partial charge in [0, 0.05) is 20.1 Å². The number of hydrogen-bond acceptors (Lipinski definition) is 3. The Kier molecular flexibility index (Phi) is 3.22. The van der Waals surface area contributed by atoms with Crippen LogP contribution in [0.1, 0.15) is 36.2 Å². The number of carbonyl (C=O) groups excluding carboxylic acids is 1. The SMILES string of the molecule is Cn1nncc1C(=O)N1CCC(C(F)(F)F)C2(CCC2)C1. The van der Waals surface area contributed by atoms with Crippen molar-refractivity contribution in [1.29, 1.82) is 0 Å². The smallest absolute Gasteiger partial charge is 0.337 e. The van der Waals surface area contributed by atoms with Crippen molar-refractivity contribution >= 4 is 5.91 Å². The molecule has 1 unspecified atom stereocenters. The van der Waals surface area contributed by atoms with E-state index in [9.17, 15) is 18.0 Å². The van der Waals surface area contributed by atoms with Gasteiger partial charge in [-0.2, -0.15) is 13.2 Å². The third-order valence-corrected chi connectivity index (χ3v) is 4.90. The average molecular weight is 302 g/mol. The highest BCUT2D eigenvalue weighted by molar-refractivity contribution is 5.92. The van der Waals surface area contributed by atoms with Gasteiger partial charge in [0.25, 0.3) is 5.91 Å². The molecule has 1 saturated heterocycles. The zero-order valence-electron chi connectivity index (χ0n) is 11.7. The number of piperidine rings is 1. The van der Waals surface area contributed by atoms with Crippen molar-refractivity contribution in [2.75, 3.05) is 13.1 Å². The summed E-state index contributed by atoms with van der Waals surface area (Å²) in [5.41, 5.74) is -0.465. The van der Waals surface area contributed by atoms with Gasteiger partial charge in [-0.15, -0.1) is 5.10 Å². The van der Waals surface area contributed by atoms with Crippen LogP contribution < -0.4 is 0 Å². The third-order valence-electron chi connectivity index (χ3n) is 4.90. The quantitative estimate of drug-likeness (QED) is 0.797. The van der Waals surface area contributed by atoms with Gasteiger partial charge in [0.05, 0.1) is 12.1 Å². The van der Waals surface area contributed by atoms with Crippen LogP contribution in [0.4, 0.5) is 13.2 Å². The average Bonchev–Trinajstić information content (AvgIpc) is 2.80. The molecule has 1 amide bonds. The number of amides is 1. The van der Waals surface area contributed by atoms with Gasteiger partial charge < -0.3 is 4.90 Å². The molecule has 1 atom stereocenters. The van der Waals surface area contributed by atoms with E-state index in [-0.39, 0.29) is 25.4 Å². The van der Waals surface area contributed by atoms with Gasteiger partial charge in [-0.1, -0.05) is 11.6 Å². The Hall–Kier alpha value is -1.60. The van der Waals surface area contributed by atoms with Gasteiger partial charge in [-0.05, 0) is 24.7 Å². The van der Waals surface area contributed by atoms with Gasteiger partial charge in [-0.3, -0.25) is 4.79 Å². The van der Waals surface area contributed by atoms with Gasteiger partial charge in [-0.25, -0.2) is 4.68 Å². The van der Waals surface area contributed by atoms with Crippen LogP contribution in [-0.2, 0) is 7.05 Å². The Bertz CT molecular complexity index is 550. The van der Waals surface area contributed by atoms with E-state index in [1.165, 1.54) is 15.8 Å². The van der Waals surface area contributed by atoms with Crippen LogP contribution in [-0.4, -0.2) is 45.1 Å². The second-order valence-corrected chi connectivity index (χ2v) is 6.07. The second-order valence-electron chi connectivity index (χ2n) is 6.07. The van der Waals surface area contributed by atoms with E-state index in [2.05, 4.69) is 10.3 Å². The van der Waals surface area contributed by atoms with Crippen LogP contribution >= 0.6 is 0 Å². The van der Waals surface area contributed by atoms with Crippen molar-refractivity contribution in [3.05, 3.63) is 11.9 Å². The second kappa shape index (κ2) is 4.71. The molecule has 1 aliphatic heterocycles. The number of rotatable bonds is 1. The molecule has 2 heterocycles. The lowest BCUT2D eigenvalue weighted by Crippen LogP contribution is -2.57. The molecule has 1 aliphatic carbocycles. The molecule has 5 nitrogen and oxygen atoms in total. The number of nitrogens with zero attached hydrogens (tertiary/aromatic N) is 4. The van der Waals surface area contributed by atoms with Gasteiger partial charge in [0.15, 0.2) is 0 Å². The van der Waals surface area contributed by atoms with E-state index in [1.54, 1.807) is 7.05 Å². The number of hydrogen-bond donors (Lipinski definition) is 0. The van der Waals surface area contributed by atoms with Crippen LogP contribution in [0, 0.1) is 11.3 Å². The van der Waals surface area contributed by atoms with Crippen molar-refractivity contribution in [2.45, 2.75) is 31.9 Å². The minimum atomic E-state index is -4.18. The van der Waals surface area contributed by atoms with E-state index in [1.807, 2.05) is 0 Å². The maximum Gasteiger partial charge on any atom is 0.392 e. The van der Waals surface area contributed by atoms with Gasteiger partial charge >= 0.3 is 6.18 Å². The van der Waals surface area contributed by atoms with Crippen LogP contribution in [0.25, 0.3) is 0 Å². The largest absolute Gasteiger partial charge is 0.392 e. The normalized spacial score (nSPS) is 25.0. The highest BCUT2D eigenvalue weighted by atomic mass is 19.4. The first kappa shape index (κ1) is 14.3. The molecular formula is C13H17F3N4O. The maximum atomic E-state index is 13.2. The van der Waals surface area contributed by atoms with E-state index in [0.29, 0.717) is 18.5 Å². The van der Waals surface area contributed by atoms with E-state index >= 15 is 0 Å². The molecule has 8 heteroatoms. The number of alkyl halides is 3. The van der Waals surface area contributed by atoms with Crippen molar-refractivity contribution in [2.24, 2.45) is 18.4 Å². The zero-order chi connectivity index (χ0) is 15.3. The predicted octanol–water partition coefficient (Wildman–Crippen LogP) is 2.01. The third kappa shape index (κ3) is 2.30. The topological polar surface area (TPSA) is 51.0 Å². The molecule has 3 rings (SSSR count). The molecule has 0 radical (unpaired) electrons. The van der Waals surface area contributed by atoms with Crippen molar-refractivity contribution in [3.63, 3.8) is 0 Å². The summed E-state index contributed by atoms with van der Waals surface area (Å²) >= 11 is 0. The van der Waals surface area contributed by atoms with Crippen molar-refractivity contribution < 1.29 is 18.0 Å². The Balaban J connectivity index is 1.80. The Morgan fingerprint density at radius 2 is 2.14 bits per heavy atom. The zero-order valence-corrected chi connectivity index (χ0v) is 11.7. The summed E-state index contributed by atoms with van der Waals surface area (Å²) in [7, 11) is 1.60. The minimum Gasteiger partial charge on any atom is -0.337 e.